The van der Waals surface area contributed by atoms with E-state index in [0.29, 0.717) is 54.1 Å². The number of rotatable bonds is 13. The molecule has 0 saturated carbocycles. The monoisotopic (exact) mass is 692 g/mol. The van der Waals surface area contributed by atoms with Crippen LogP contribution in [0.1, 0.15) is 45.6 Å². The summed E-state index contributed by atoms with van der Waals surface area (Å²) in [5.74, 6) is 2.59. The molecule has 6 aromatic rings. The minimum Gasteiger partial charge on any atom is -0.489 e. The third kappa shape index (κ3) is 7.51. The van der Waals surface area contributed by atoms with E-state index in [1.807, 2.05) is 152 Å². The highest BCUT2D eigenvalue weighted by Crippen LogP contribution is 2.53. The van der Waals surface area contributed by atoms with Crippen molar-refractivity contribution in [3.8, 4) is 28.7 Å². The lowest BCUT2D eigenvalue weighted by Crippen LogP contribution is -2.33. The predicted molar refractivity (Wildman–Crippen MR) is 193 cm³/mol. The zero-order valence-electron chi connectivity index (χ0n) is 28.3. The molecule has 0 spiro atoms. The Morgan fingerprint density at radius 3 is 1.50 bits per heavy atom. The second-order valence-electron chi connectivity index (χ2n) is 12.5. The summed E-state index contributed by atoms with van der Waals surface area (Å²) in [6, 6.07) is 48.9. The van der Waals surface area contributed by atoms with Gasteiger partial charge in [0.15, 0.2) is 29.8 Å². The first-order valence-corrected chi connectivity index (χ1v) is 17.2. The number of fused-ring (bicyclic) bond motifs is 3. The van der Waals surface area contributed by atoms with Crippen LogP contribution in [0.3, 0.4) is 0 Å². The maximum absolute atomic E-state index is 12.8. The number of carbonyl (C=O) groups is 1. The topological polar surface area (TPSA) is 81.7 Å². The number of hydrogen-bond acceptors (Lipinski definition) is 8. The highest BCUT2D eigenvalue weighted by molar-refractivity contribution is 5.66. The molecule has 1 fully saturated rings. The molecule has 6 aromatic carbocycles. The summed E-state index contributed by atoms with van der Waals surface area (Å²) in [5, 5.41) is 0. The minimum absolute atomic E-state index is 0.289. The minimum atomic E-state index is -0.798. The Morgan fingerprint density at radius 1 is 0.442 bits per heavy atom. The second kappa shape index (κ2) is 15.2. The fraction of sp³-hybridized carbons (Fsp3) is 0.159. The highest BCUT2D eigenvalue weighted by Gasteiger charge is 2.51. The van der Waals surface area contributed by atoms with Crippen molar-refractivity contribution in [2.45, 2.75) is 44.7 Å². The van der Waals surface area contributed by atoms with Gasteiger partial charge >= 0.3 is 6.16 Å². The Morgan fingerprint density at radius 2 is 0.942 bits per heavy atom. The lowest BCUT2D eigenvalue weighted by molar-refractivity contribution is 0.00584. The predicted octanol–water partition coefficient (Wildman–Crippen LogP) is 9.71. The van der Waals surface area contributed by atoms with Crippen molar-refractivity contribution in [1.82, 2.24) is 0 Å². The van der Waals surface area contributed by atoms with E-state index in [9.17, 15) is 4.79 Å². The quantitative estimate of drug-likeness (QED) is 0.111. The molecular weight excluding hydrogens is 656 g/mol. The van der Waals surface area contributed by atoms with Gasteiger partial charge < -0.3 is 33.2 Å². The summed E-state index contributed by atoms with van der Waals surface area (Å²) < 4.78 is 43.7. The number of ether oxygens (including phenoxy) is 7. The first-order chi connectivity index (χ1) is 25.7. The van der Waals surface area contributed by atoms with Crippen molar-refractivity contribution >= 4 is 6.16 Å². The Labute approximate surface area is 302 Å². The maximum atomic E-state index is 12.8. The van der Waals surface area contributed by atoms with Gasteiger partial charge in [-0.05, 0) is 34.4 Å². The van der Waals surface area contributed by atoms with Crippen LogP contribution in [0.15, 0.2) is 152 Å². The highest BCUT2D eigenvalue weighted by atomic mass is 16.8. The van der Waals surface area contributed by atoms with Crippen LogP contribution < -0.4 is 23.7 Å². The molecule has 2 aliphatic rings. The average molecular weight is 693 g/mol. The van der Waals surface area contributed by atoms with Crippen LogP contribution >= 0.6 is 0 Å². The van der Waals surface area contributed by atoms with E-state index in [1.165, 1.54) is 0 Å². The SMILES string of the molecule is O=C1OC2c3c(OCc4ccccc4)cc(OCc4ccccc4)cc3OC(c3ccc(OCc4ccccc4)c(OCc4ccccc4)c3)C2O1. The van der Waals surface area contributed by atoms with Gasteiger partial charge in [-0.3, -0.25) is 0 Å². The van der Waals surface area contributed by atoms with Gasteiger partial charge in [0.05, 0.1) is 5.56 Å². The Balaban J connectivity index is 1.13. The van der Waals surface area contributed by atoms with Crippen LogP contribution in [0.4, 0.5) is 4.79 Å². The Kier molecular flexibility index (Phi) is 9.60. The molecule has 0 aliphatic carbocycles. The molecule has 52 heavy (non-hydrogen) atoms. The molecule has 0 bridgehead atoms. The van der Waals surface area contributed by atoms with Crippen molar-refractivity contribution in [3.05, 3.63) is 185 Å². The van der Waals surface area contributed by atoms with Crippen molar-refractivity contribution < 1.29 is 38.0 Å². The van der Waals surface area contributed by atoms with Gasteiger partial charge in [-0.15, -0.1) is 0 Å². The van der Waals surface area contributed by atoms with E-state index in [2.05, 4.69) is 0 Å². The Bertz CT molecular complexity index is 2110. The standard InChI is InChI=1S/C44H36O8/c45-44-51-42-40-38(49-29-33-19-11-4-12-20-33)24-35(46-26-30-13-5-1-6-14-30)25-39(40)50-41(43(42)52-44)34-21-22-36(47-27-31-15-7-2-8-16-31)37(23-34)48-28-32-17-9-3-10-18-32/h1-25,41-43H,26-29H2. The molecule has 260 valence electrons. The van der Waals surface area contributed by atoms with Gasteiger partial charge in [0.2, 0.25) is 0 Å². The van der Waals surface area contributed by atoms with Crippen LogP contribution in [-0.2, 0) is 35.9 Å². The lowest BCUT2D eigenvalue weighted by Gasteiger charge is -2.34. The molecular formula is C44H36O8. The van der Waals surface area contributed by atoms with Crippen LogP contribution in [0.2, 0.25) is 0 Å². The largest absolute Gasteiger partial charge is 0.509 e. The molecule has 0 radical (unpaired) electrons. The molecule has 0 N–H and O–H groups in total. The van der Waals surface area contributed by atoms with Crippen LogP contribution in [-0.4, -0.2) is 12.3 Å². The molecule has 8 heteroatoms. The average Bonchev–Trinajstić information content (AvgIpc) is 3.60. The van der Waals surface area contributed by atoms with E-state index in [0.717, 1.165) is 27.8 Å². The molecule has 8 rings (SSSR count). The van der Waals surface area contributed by atoms with Crippen molar-refractivity contribution in [1.29, 1.82) is 0 Å². The first kappa shape index (κ1) is 32.8. The van der Waals surface area contributed by atoms with Gasteiger partial charge in [-0.1, -0.05) is 127 Å². The fourth-order valence-electron chi connectivity index (χ4n) is 6.31. The normalized spacial score (nSPS) is 17.1. The maximum Gasteiger partial charge on any atom is 0.509 e. The van der Waals surface area contributed by atoms with Crippen LogP contribution in [0.25, 0.3) is 0 Å². The summed E-state index contributed by atoms with van der Waals surface area (Å²) >= 11 is 0. The number of hydrogen-bond donors (Lipinski definition) is 0. The van der Waals surface area contributed by atoms with E-state index in [4.69, 9.17) is 33.2 Å². The summed E-state index contributed by atoms with van der Waals surface area (Å²) in [5.41, 5.74) is 5.34. The van der Waals surface area contributed by atoms with Gasteiger partial charge in [-0.25, -0.2) is 4.79 Å². The first-order valence-electron chi connectivity index (χ1n) is 17.2. The molecule has 3 atom stereocenters. The second-order valence-corrected chi connectivity index (χ2v) is 12.5. The van der Waals surface area contributed by atoms with Crippen molar-refractivity contribution in [2.24, 2.45) is 0 Å². The van der Waals surface area contributed by atoms with E-state index < -0.39 is 24.5 Å². The summed E-state index contributed by atoms with van der Waals surface area (Å²) in [6.45, 7) is 1.33. The van der Waals surface area contributed by atoms with E-state index >= 15 is 0 Å². The zero-order chi connectivity index (χ0) is 35.1. The smallest absolute Gasteiger partial charge is 0.489 e. The molecule has 0 amide bonds. The molecule has 8 nitrogen and oxygen atoms in total. The zero-order valence-corrected chi connectivity index (χ0v) is 28.3. The van der Waals surface area contributed by atoms with E-state index in [1.54, 1.807) is 0 Å². The molecule has 3 unspecified atom stereocenters. The van der Waals surface area contributed by atoms with Gasteiger partial charge in [-0.2, -0.15) is 0 Å². The lowest BCUT2D eigenvalue weighted by atomic mass is 9.91. The summed E-state index contributed by atoms with van der Waals surface area (Å²) in [4.78, 5) is 12.8. The molecule has 1 saturated heterocycles. The molecule has 2 aliphatic heterocycles. The summed E-state index contributed by atoms with van der Waals surface area (Å²) in [6.07, 6.45) is -3.11. The third-order valence-corrected chi connectivity index (χ3v) is 8.92. The van der Waals surface area contributed by atoms with E-state index in [-0.39, 0.29) is 6.61 Å². The van der Waals surface area contributed by atoms with Gasteiger partial charge in [0, 0.05) is 17.7 Å². The molecule has 2 heterocycles. The molecule has 0 aromatic heterocycles. The van der Waals surface area contributed by atoms with Gasteiger partial charge in [0.1, 0.15) is 43.7 Å². The number of benzene rings is 6. The fourth-order valence-corrected chi connectivity index (χ4v) is 6.31. The third-order valence-electron chi connectivity index (χ3n) is 8.92. The number of carbonyl (C=O) groups excluding carboxylic acids is 1. The van der Waals surface area contributed by atoms with Crippen molar-refractivity contribution in [3.63, 3.8) is 0 Å². The van der Waals surface area contributed by atoms with Crippen LogP contribution in [0, 0.1) is 0 Å². The van der Waals surface area contributed by atoms with Gasteiger partial charge in [0.25, 0.3) is 0 Å². The Hall–Kier alpha value is -6.41. The summed E-state index contributed by atoms with van der Waals surface area (Å²) in [7, 11) is 0. The van der Waals surface area contributed by atoms with Crippen LogP contribution in [0.5, 0.6) is 28.7 Å². The van der Waals surface area contributed by atoms with Crippen molar-refractivity contribution in [2.75, 3.05) is 0 Å².